The third kappa shape index (κ3) is 4.57. The van der Waals surface area contributed by atoms with Crippen molar-refractivity contribution in [2.45, 2.75) is 37.6 Å². The molecule has 0 amide bonds. The minimum Gasteiger partial charge on any atom is -0.367 e. The SMILES string of the molecule is C[C@@H]1CN(c2ccc(C#N)n3ncc(F)c23)C[C@@H]2CN(CCc3ccc(N4CC(N)[C@@H](F)C4)nc3)CCN21. The minimum atomic E-state index is -1.00. The van der Waals surface area contributed by atoms with Gasteiger partial charge in [0.25, 0.3) is 0 Å². The molecule has 3 aromatic heterocycles. The van der Waals surface area contributed by atoms with Gasteiger partial charge in [-0.15, -0.1) is 0 Å². The van der Waals surface area contributed by atoms with Gasteiger partial charge in [-0.05, 0) is 37.1 Å². The van der Waals surface area contributed by atoms with Crippen molar-refractivity contribution in [2.24, 2.45) is 5.73 Å². The van der Waals surface area contributed by atoms with E-state index in [1.807, 2.05) is 23.2 Å². The van der Waals surface area contributed by atoms with E-state index in [4.69, 9.17) is 5.73 Å². The van der Waals surface area contributed by atoms with Crippen molar-refractivity contribution in [3.05, 3.63) is 53.7 Å². The number of aromatic nitrogens is 3. The van der Waals surface area contributed by atoms with E-state index in [9.17, 15) is 14.0 Å². The van der Waals surface area contributed by atoms with Gasteiger partial charge in [0, 0.05) is 64.1 Å². The molecule has 3 aliphatic heterocycles. The average molecular weight is 522 g/mol. The van der Waals surface area contributed by atoms with Gasteiger partial charge in [-0.25, -0.2) is 18.3 Å². The van der Waals surface area contributed by atoms with Crippen LogP contribution in [-0.4, -0.2) is 101 Å². The number of nitrogens with zero attached hydrogens (tertiary/aromatic N) is 8. The first-order valence-corrected chi connectivity index (χ1v) is 13.3. The molecule has 2 N–H and O–H groups in total. The van der Waals surface area contributed by atoms with Crippen molar-refractivity contribution < 1.29 is 8.78 Å². The molecule has 38 heavy (non-hydrogen) atoms. The summed E-state index contributed by atoms with van der Waals surface area (Å²) in [7, 11) is 0. The molecule has 200 valence electrons. The minimum absolute atomic E-state index is 0.302. The monoisotopic (exact) mass is 521 g/mol. The van der Waals surface area contributed by atoms with Crippen LogP contribution in [-0.2, 0) is 6.42 Å². The standard InChI is InChI=1S/C27H33F2N9/c1-18-13-35(25-4-3-20(10-30)38-27(25)22(28)12-33-38)15-21-14-34(8-9-37(18)21)7-6-19-2-5-26(32-11-19)36-16-23(29)24(31)17-36/h2-5,11-12,18,21,23-24H,6-9,13-17,31H2,1H3/t18-,21+,23+,24?/m1/s1. The molecule has 6 heterocycles. The second kappa shape index (κ2) is 10.1. The molecule has 0 radical (unpaired) electrons. The third-order valence-electron chi connectivity index (χ3n) is 8.28. The van der Waals surface area contributed by atoms with Gasteiger partial charge in [0.2, 0.25) is 0 Å². The Morgan fingerprint density at radius 3 is 2.66 bits per heavy atom. The van der Waals surface area contributed by atoms with Crippen molar-refractivity contribution in [1.82, 2.24) is 24.4 Å². The predicted octanol–water partition coefficient (Wildman–Crippen LogP) is 1.66. The number of alkyl halides is 1. The molecule has 1 unspecified atom stereocenters. The molecule has 11 heteroatoms. The molecular formula is C27H33F2N9. The van der Waals surface area contributed by atoms with Crippen LogP contribution in [0, 0.1) is 17.1 Å². The molecule has 9 nitrogen and oxygen atoms in total. The highest BCUT2D eigenvalue weighted by Gasteiger charge is 2.37. The van der Waals surface area contributed by atoms with Crippen LogP contribution < -0.4 is 15.5 Å². The van der Waals surface area contributed by atoms with Gasteiger partial charge >= 0.3 is 0 Å². The number of halogens is 2. The highest BCUT2D eigenvalue weighted by atomic mass is 19.1. The van der Waals surface area contributed by atoms with E-state index in [1.54, 1.807) is 6.07 Å². The molecule has 4 atom stereocenters. The van der Waals surface area contributed by atoms with Crippen LogP contribution in [0.15, 0.2) is 36.7 Å². The van der Waals surface area contributed by atoms with Crippen molar-refractivity contribution in [3.63, 3.8) is 0 Å². The number of anilines is 2. The number of hydrogen-bond donors (Lipinski definition) is 1. The molecule has 0 aliphatic carbocycles. The summed E-state index contributed by atoms with van der Waals surface area (Å²) in [5.74, 6) is 0.370. The first kappa shape index (κ1) is 25.0. The fraction of sp³-hybridized carbons (Fsp3) is 0.519. The Morgan fingerprint density at radius 1 is 1.05 bits per heavy atom. The maximum atomic E-state index is 14.7. The van der Waals surface area contributed by atoms with Crippen molar-refractivity contribution in [2.75, 3.05) is 62.2 Å². The quantitative estimate of drug-likeness (QED) is 0.542. The molecule has 0 aromatic carbocycles. The highest BCUT2D eigenvalue weighted by molar-refractivity contribution is 5.75. The topological polar surface area (TPSA) is 93.0 Å². The van der Waals surface area contributed by atoms with Gasteiger partial charge in [-0.2, -0.15) is 10.4 Å². The van der Waals surface area contributed by atoms with Gasteiger partial charge < -0.3 is 20.4 Å². The number of fused-ring (bicyclic) bond motifs is 2. The first-order valence-electron chi connectivity index (χ1n) is 13.3. The zero-order valence-electron chi connectivity index (χ0n) is 21.5. The fourth-order valence-corrected chi connectivity index (χ4v) is 6.23. The Hall–Kier alpha value is -3.33. The maximum Gasteiger partial charge on any atom is 0.171 e. The van der Waals surface area contributed by atoms with Gasteiger partial charge in [-0.1, -0.05) is 6.07 Å². The number of piperazine rings is 2. The number of nitrogens with two attached hydrogens (primary N) is 1. The number of hydrogen-bond acceptors (Lipinski definition) is 8. The van der Waals surface area contributed by atoms with Crippen LogP contribution in [0.4, 0.5) is 20.3 Å². The van der Waals surface area contributed by atoms with E-state index in [0.717, 1.165) is 62.8 Å². The smallest absolute Gasteiger partial charge is 0.171 e. The van der Waals surface area contributed by atoms with Crippen molar-refractivity contribution in [1.29, 1.82) is 5.26 Å². The van der Waals surface area contributed by atoms with Crippen molar-refractivity contribution in [3.8, 4) is 6.07 Å². The van der Waals surface area contributed by atoms with E-state index >= 15 is 0 Å². The van der Waals surface area contributed by atoms with E-state index < -0.39 is 18.0 Å². The lowest BCUT2D eigenvalue weighted by Gasteiger charge is -2.51. The zero-order valence-corrected chi connectivity index (χ0v) is 21.5. The molecule has 6 rings (SSSR count). The Bertz CT molecular complexity index is 1330. The van der Waals surface area contributed by atoms with Crippen LogP contribution in [0.5, 0.6) is 0 Å². The number of rotatable bonds is 5. The summed E-state index contributed by atoms with van der Waals surface area (Å²) < 4.78 is 29.9. The summed E-state index contributed by atoms with van der Waals surface area (Å²) in [5.41, 5.74) is 8.44. The van der Waals surface area contributed by atoms with E-state index in [0.29, 0.717) is 36.4 Å². The van der Waals surface area contributed by atoms with E-state index in [2.05, 4.69) is 43.8 Å². The molecule has 0 spiro atoms. The highest BCUT2D eigenvalue weighted by Crippen LogP contribution is 2.30. The molecule has 3 saturated heterocycles. The van der Waals surface area contributed by atoms with Crippen LogP contribution in [0.3, 0.4) is 0 Å². The lowest BCUT2D eigenvalue weighted by Crippen LogP contribution is -2.65. The molecule has 3 aromatic rings. The van der Waals surface area contributed by atoms with Crippen LogP contribution in [0.25, 0.3) is 5.52 Å². The van der Waals surface area contributed by atoms with Crippen LogP contribution in [0.1, 0.15) is 18.2 Å². The second-order valence-corrected chi connectivity index (χ2v) is 10.8. The summed E-state index contributed by atoms with van der Waals surface area (Å²) in [6, 6.07) is 9.91. The molecule has 3 aliphatic rings. The Balaban J connectivity index is 1.10. The fourth-order valence-electron chi connectivity index (χ4n) is 6.23. The summed E-state index contributed by atoms with van der Waals surface area (Å²) in [6.45, 7) is 8.49. The largest absolute Gasteiger partial charge is 0.367 e. The third-order valence-corrected chi connectivity index (χ3v) is 8.28. The molecule has 0 saturated carbocycles. The Labute approximate surface area is 221 Å². The van der Waals surface area contributed by atoms with Gasteiger partial charge in [0.15, 0.2) is 5.82 Å². The predicted molar refractivity (Wildman–Crippen MR) is 141 cm³/mol. The second-order valence-electron chi connectivity index (χ2n) is 10.8. The average Bonchev–Trinajstić information content (AvgIpc) is 3.48. The summed E-state index contributed by atoms with van der Waals surface area (Å²) in [4.78, 5) is 13.8. The molecular weight excluding hydrogens is 488 g/mol. The Kier molecular flexibility index (Phi) is 6.63. The summed E-state index contributed by atoms with van der Waals surface area (Å²) in [6.07, 6.45) is 2.96. The van der Waals surface area contributed by atoms with E-state index in [-0.39, 0.29) is 0 Å². The van der Waals surface area contributed by atoms with Gasteiger partial charge in [0.05, 0.1) is 24.5 Å². The lowest BCUT2D eigenvalue weighted by atomic mass is 10.0. The van der Waals surface area contributed by atoms with Crippen molar-refractivity contribution >= 4 is 17.0 Å². The van der Waals surface area contributed by atoms with E-state index in [1.165, 1.54) is 10.7 Å². The summed E-state index contributed by atoms with van der Waals surface area (Å²) in [5, 5.41) is 13.5. The molecule has 0 bridgehead atoms. The molecule has 3 fully saturated rings. The normalized spacial score (nSPS) is 26.6. The lowest BCUT2D eigenvalue weighted by molar-refractivity contribution is 0.0356. The maximum absolute atomic E-state index is 14.7. The number of pyridine rings is 2. The van der Waals surface area contributed by atoms with Gasteiger partial charge in [0.1, 0.15) is 29.3 Å². The first-order chi connectivity index (χ1) is 18.4. The van der Waals surface area contributed by atoms with Gasteiger partial charge in [-0.3, -0.25) is 4.90 Å². The number of nitriles is 1. The van der Waals surface area contributed by atoms with Crippen LogP contribution >= 0.6 is 0 Å². The zero-order chi connectivity index (χ0) is 26.4. The van der Waals surface area contributed by atoms with Crippen LogP contribution in [0.2, 0.25) is 0 Å². The Morgan fingerprint density at radius 2 is 1.92 bits per heavy atom. The summed E-state index contributed by atoms with van der Waals surface area (Å²) >= 11 is 0.